The Balaban J connectivity index is 1.87. The van der Waals surface area contributed by atoms with Gasteiger partial charge >= 0.3 is 0 Å². The summed E-state index contributed by atoms with van der Waals surface area (Å²) < 4.78 is 31.5. The molecule has 0 atom stereocenters. The zero-order valence-corrected chi connectivity index (χ0v) is 17.5. The number of nitrogens with one attached hydrogen (secondary N) is 1. The second kappa shape index (κ2) is 10.2. The lowest BCUT2D eigenvalue weighted by Gasteiger charge is -2.18. The lowest BCUT2D eigenvalue weighted by molar-refractivity contribution is 0.0953. The third kappa shape index (κ3) is 5.56. The van der Waals surface area contributed by atoms with Crippen LogP contribution in [0.25, 0.3) is 0 Å². The van der Waals surface area contributed by atoms with E-state index in [1.807, 2.05) is 24.3 Å². The van der Waals surface area contributed by atoms with Crippen LogP contribution in [0, 0.1) is 0 Å². The van der Waals surface area contributed by atoms with Crippen molar-refractivity contribution in [3.8, 4) is 5.75 Å². The van der Waals surface area contributed by atoms with E-state index in [-0.39, 0.29) is 10.8 Å². The van der Waals surface area contributed by atoms with Crippen molar-refractivity contribution in [2.24, 2.45) is 0 Å². The van der Waals surface area contributed by atoms with Gasteiger partial charge in [0.1, 0.15) is 5.75 Å². The van der Waals surface area contributed by atoms with Crippen molar-refractivity contribution >= 4 is 15.9 Å². The first kappa shape index (κ1) is 21.9. The highest BCUT2D eigenvalue weighted by Gasteiger charge is 2.21. The molecule has 28 heavy (non-hydrogen) atoms. The lowest BCUT2D eigenvalue weighted by atomic mass is 10.1. The van der Waals surface area contributed by atoms with Crippen molar-refractivity contribution < 1.29 is 17.9 Å². The summed E-state index contributed by atoms with van der Waals surface area (Å²) in [6.45, 7) is 4.97. The first-order valence-electron chi connectivity index (χ1n) is 9.43. The molecule has 1 N–H and O–H groups in total. The minimum absolute atomic E-state index is 0.201. The number of carbonyl (C=O) groups is 1. The van der Waals surface area contributed by atoms with Gasteiger partial charge in [0, 0.05) is 25.2 Å². The molecule has 2 aromatic rings. The molecule has 0 saturated carbocycles. The summed E-state index contributed by atoms with van der Waals surface area (Å²) in [4.78, 5) is 12.5. The summed E-state index contributed by atoms with van der Waals surface area (Å²) in [7, 11) is -1.87. The summed E-state index contributed by atoms with van der Waals surface area (Å²) in [5, 5.41) is 2.87. The Morgan fingerprint density at radius 1 is 1.00 bits per heavy atom. The number of amides is 1. The first-order valence-corrected chi connectivity index (χ1v) is 10.9. The van der Waals surface area contributed by atoms with Gasteiger partial charge in [-0.3, -0.25) is 4.79 Å². The average Bonchev–Trinajstić information content (AvgIpc) is 2.72. The largest absolute Gasteiger partial charge is 0.497 e. The molecule has 0 bridgehead atoms. The van der Waals surface area contributed by atoms with Gasteiger partial charge in [-0.1, -0.05) is 26.0 Å². The number of aryl methyl sites for hydroxylation is 1. The van der Waals surface area contributed by atoms with E-state index >= 15 is 0 Å². The Morgan fingerprint density at radius 2 is 1.61 bits per heavy atom. The second-order valence-electron chi connectivity index (χ2n) is 6.32. The molecule has 0 aliphatic carbocycles. The van der Waals surface area contributed by atoms with E-state index in [1.165, 1.54) is 22.0 Å². The molecule has 0 radical (unpaired) electrons. The predicted octanol–water partition coefficient (Wildman–Crippen LogP) is 3.09. The third-order valence-corrected chi connectivity index (χ3v) is 6.61. The second-order valence-corrected chi connectivity index (χ2v) is 8.26. The molecule has 6 nitrogen and oxygen atoms in total. The maximum Gasteiger partial charge on any atom is 0.251 e. The van der Waals surface area contributed by atoms with Crippen molar-refractivity contribution in [1.29, 1.82) is 0 Å². The number of nitrogens with zero attached hydrogens (tertiary/aromatic N) is 1. The van der Waals surface area contributed by atoms with E-state index in [0.29, 0.717) is 25.2 Å². The van der Waals surface area contributed by atoms with E-state index in [0.717, 1.165) is 18.6 Å². The highest BCUT2D eigenvalue weighted by atomic mass is 32.2. The molecule has 0 unspecified atom stereocenters. The van der Waals surface area contributed by atoms with Crippen LogP contribution in [-0.2, 0) is 16.4 Å². The molecule has 0 aliphatic heterocycles. The molecule has 0 spiro atoms. The molecule has 1 amide bonds. The van der Waals surface area contributed by atoms with Gasteiger partial charge in [0.15, 0.2) is 0 Å². The highest BCUT2D eigenvalue weighted by Crippen LogP contribution is 2.16. The molecule has 7 heteroatoms. The molecule has 0 saturated heterocycles. The smallest absolute Gasteiger partial charge is 0.251 e. The highest BCUT2D eigenvalue weighted by molar-refractivity contribution is 7.89. The minimum Gasteiger partial charge on any atom is -0.497 e. The number of hydrogen-bond acceptors (Lipinski definition) is 4. The normalized spacial score (nSPS) is 11.4. The van der Waals surface area contributed by atoms with Crippen LogP contribution in [-0.4, -0.2) is 45.4 Å². The first-order chi connectivity index (χ1) is 13.4. The van der Waals surface area contributed by atoms with Crippen molar-refractivity contribution in [2.45, 2.75) is 31.6 Å². The summed E-state index contributed by atoms with van der Waals surface area (Å²) in [5.41, 5.74) is 1.63. The quantitative estimate of drug-likeness (QED) is 0.618. The summed E-state index contributed by atoms with van der Waals surface area (Å²) in [5.74, 6) is 0.616. The van der Waals surface area contributed by atoms with E-state index in [1.54, 1.807) is 33.1 Å². The van der Waals surface area contributed by atoms with Gasteiger partial charge in [-0.25, -0.2) is 8.42 Å². The Labute approximate surface area is 167 Å². The van der Waals surface area contributed by atoms with Gasteiger partial charge < -0.3 is 10.1 Å². The fourth-order valence-electron chi connectivity index (χ4n) is 2.88. The standard InChI is InChI=1S/C21H28N2O4S/c1-4-23(5-2)28(25,26)20-14-10-18(11-15-20)21(24)22-16-6-7-17-8-12-19(27-3)13-9-17/h8-15H,4-7,16H2,1-3H3,(H,22,24). The molecule has 0 aromatic heterocycles. The molecule has 2 rings (SSSR count). The van der Waals surface area contributed by atoms with Gasteiger partial charge in [0.2, 0.25) is 10.0 Å². The van der Waals surface area contributed by atoms with Gasteiger partial charge in [0.05, 0.1) is 12.0 Å². The Morgan fingerprint density at radius 3 is 2.14 bits per heavy atom. The van der Waals surface area contributed by atoms with E-state index in [2.05, 4.69) is 5.32 Å². The van der Waals surface area contributed by atoms with E-state index in [9.17, 15) is 13.2 Å². The Kier molecular flexibility index (Phi) is 8.02. The molecule has 0 heterocycles. The van der Waals surface area contributed by atoms with Crippen LogP contribution in [0.5, 0.6) is 5.75 Å². The predicted molar refractivity (Wildman–Crippen MR) is 110 cm³/mol. The lowest BCUT2D eigenvalue weighted by Crippen LogP contribution is -2.30. The Bertz CT molecular complexity index is 858. The number of hydrogen-bond donors (Lipinski definition) is 1. The number of benzene rings is 2. The van der Waals surface area contributed by atoms with Crippen LogP contribution in [0.2, 0.25) is 0 Å². The van der Waals surface area contributed by atoms with Crippen LogP contribution in [0.1, 0.15) is 36.2 Å². The zero-order chi connectivity index (χ0) is 20.6. The van der Waals surface area contributed by atoms with Gasteiger partial charge in [-0.2, -0.15) is 4.31 Å². The summed E-state index contributed by atoms with van der Waals surface area (Å²) >= 11 is 0. The van der Waals surface area contributed by atoms with Crippen LogP contribution >= 0.6 is 0 Å². The third-order valence-electron chi connectivity index (χ3n) is 4.55. The van der Waals surface area contributed by atoms with Crippen LogP contribution in [0.15, 0.2) is 53.4 Å². The maximum atomic E-state index is 12.5. The molecule has 2 aromatic carbocycles. The number of methoxy groups -OCH3 is 1. The zero-order valence-electron chi connectivity index (χ0n) is 16.6. The fourth-order valence-corrected chi connectivity index (χ4v) is 4.34. The van der Waals surface area contributed by atoms with E-state index in [4.69, 9.17) is 4.74 Å². The molecule has 0 fully saturated rings. The van der Waals surface area contributed by atoms with Gasteiger partial charge in [-0.15, -0.1) is 0 Å². The van der Waals surface area contributed by atoms with Crippen molar-refractivity contribution in [3.05, 3.63) is 59.7 Å². The monoisotopic (exact) mass is 404 g/mol. The summed E-state index contributed by atoms with van der Waals surface area (Å²) in [6.07, 6.45) is 1.66. The maximum absolute atomic E-state index is 12.5. The van der Waals surface area contributed by atoms with Crippen LogP contribution < -0.4 is 10.1 Å². The molecular weight excluding hydrogens is 376 g/mol. The average molecular weight is 405 g/mol. The van der Waals surface area contributed by atoms with Crippen LogP contribution in [0.4, 0.5) is 0 Å². The number of ether oxygens (including phenoxy) is 1. The van der Waals surface area contributed by atoms with Gasteiger partial charge in [-0.05, 0) is 54.8 Å². The van der Waals surface area contributed by atoms with Crippen molar-refractivity contribution in [1.82, 2.24) is 9.62 Å². The molecule has 152 valence electrons. The van der Waals surface area contributed by atoms with E-state index < -0.39 is 10.0 Å². The Hall–Kier alpha value is -2.38. The topological polar surface area (TPSA) is 75.7 Å². The van der Waals surface area contributed by atoms with Crippen LogP contribution in [0.3, 0.4) is 0 Å². The molecular formula is C21H28N2O4S. The number of carbonyl (C=O) groups excluding carboxylic acids is 1. The van der Waals surface area contributed by atoms with Crippen molar-refractivity contribution in [2.75, 3.05) is 26.7 Å². The molecule has 0 aliphatic rings. The SMILES string of the molecule is CCN(CC)S(=O)(=O)c1ccc(C(=O)NCCCc2ccc(OC)cc2)cc1. The summed E-state index contributed by atoms with van der Waals surface area (Å²) in [6, 6.07) is 13.9. The number of rotatable bonds is 10. The van der Waals surface area contributed by atoms with Crippen molar-refractivity contribution in [3.63, 3.8) is 0 Å². The minimum atomic E-state index is -3.51. The number of sulfonamides is 1. The fraction of sp³-hybridized carbons (Fsp3) is 0.381. The van der Waals surface area contributed by atoms with Gasteiger partial charge in [0.25, 0.3) is 5.91 Å².